The van der Waals surface area contributed by atoms with Crippen molar-refractivity contribution in [3.8, 4) is 0 Å². The summed E-state index contributed by atoms with van der Waals surface area (Å²) in [5.74, 6) is -0.437. The van der Waals surface area contributed by atoms with Gasteiger partial charge in [0.15, 0.2) is 0 Å². The normalized spacial score (nSPS) is 12.2. The first kappa shape index (κ1) is 18.6. The van der Waals surface area contributed by atoms with Gasteiger partial charge in [-0.1, -0.05) is 31.2 Å². The molecule has 0 aliphatic carbocycles. The maximum absolute atomic E-state index is 12.9. The number of hydrogen-bond donors (Lipinski definition) is 1. The van der Waals surface area contributed by atoms with Gasteiger partial charge in [0.25, 0.3) is 5.56 Å². The molecule has 0 radical (unpaired) electrons. The topological polar surface area (TPSA) is 80.1 Å². The van der Waals surface area contributed by atoms with Crippen molar-refractivity contribution < 1.29 is 4.79 Å². The Kier molecular flexibility index (Phi) is 5.21. The van der Waals surface area contributed by atoms with E-state index in [1.807, 2.05) is 57.1 Å². The minimum atomic E-state index is -0.761. The minimum absolute atomic E-state index is 0.140. The maximum Gasteiger partial charge on any atom is 0.278 e. The van der Waals surface area contributed by atoms with Crippen LogP contribution in [0.1, 0.15) is 19.9 Å². The van der Waals surface area contributed by atoms with Crippen LogP contribution in [-0.4, -0.2) is 35.0 Å². The fraction of sp³-hybridized carbons (Fsp3) is 0.300. The molecule has 0 aliphatic heterocycles. The molecule has 1 atom stereocenters. The van der Waals surface area contributed by atoms with E-state index in [2.05, 4.69) is 15.6 Å². The van der Waals surface area contributed by atoms with Crippen LogP contribution in [0.2, 0.25) is 0 Å². The lowest BCUT2D eigenvalue weighted by Gasteiger charge is -2.21. The van der Waals surface area contributed by atoms with Crippen molar-refractivity contribution in [2.24, 2.45) is 5.92 Å². The second kappa shape index (κ2) is 7.57. The van der Waals surface area contributed by atoms with Crippen molar-refractivity contribution in [3.05, 3.63) is 58.9 Å². The van der Waals surface area contributed by atoms with Gasteiger partial charge in [0.1, 0.15) is 11.6 Å². The minimum Gasteiger partial charge on any atom is -0.378 e. The number of amides is 1. The molecule has 140 valence electrons. The number of fused-ring (bicyclic) bond motifs is 1. The van der Waals surface area contributed by atoms with E-state index in [1.54, 1.807) is 24.3 Å². The van der Waals surface area contributed by atoms with Gasteiger partial charge in [0.2, 0.25) is 5.91 Å². The highest BCUT2D eigenvalue weighted by Crippen LogP contribution is 2.20. The molecule has 0 aliphatic rings. The van der Waals surface area contributed by atoms with E-state index in [9.17, 15) is 9.59 Å². The van der Waals surface area contributed by atoms with Crippen molar-refractivity contribution in [1.29, 1.82) is 0 Å². The molecule has 1 amide bonds. The fourth-order valence-electron chi connectivity index (χ4n) is 2.94. The van der Waals surface area contributed by atoms with Crippen LogP contribution in [0.3, 0.4) is 0 Å². The van der Waals surface area contributed by atoms with Crippen molar-refractivity contribution in [1.82, 2.24) is 15.0 Å². The van der Waals surface area contributed by atoms with Crippen molar-refractivity contribution in [3.63, 3.8) is 0 Å². The highest BCUT2D eigenvalue weighted by molar-refractivity contribution is 5.94. The first-order valence-corrected chi connectivity index (χ1v) is 8.81. The Bertz CT molecular complexity index is 1010. The van der Waals surface area contributed by atoms with Crippen LogP contribution in [-0.2, 0) is 4.79 Å². The average Bonchev–Trinajstić information content (AvgIpc) is 2.64. The molecular formula is C20H23N5O2. The molecule has 1 unspecified atom stereocenters. The van der Waals surface area contributed by atoms with Crippen molar-refractivity contribution >= 4 is 28.2 Å². The number of hydrogen-bond acceptors (Lipinski definition) is 5. The lowest BCUT2D eigenvalue weighted by molar-refractivity contribution is -0.120. The van der Waals surface area contributed by atoms with E-state index in [4.69, 9.17) is 0 Å². The maximum atomic E-state index is 12.9. The summed E-state index contributed by atoms with van der Waals surface area (Å²) in [6.07, 6.45) is 0. The van der Waals surface area contributed by atoms with Crippen molar-refractivity contribution in [2.75, 3.05) is 24.3 Å². The Hall–Kier alpha value is -3.22. The third kappa shape index (κ3) is 3.81. The van der Waals surface area contributed by atoms with Crippen LogP contribution < -0.4 is 15.8 Å². The summed E-state index contributed by atoms with van der Waals surface area (Å²) in [4.78, 5) is 27.7. The van der Waals surface area contributed by atoms with E-state index in [1.165, 1.54) is 4.68 Å². The molecule has 2 aromatic carbocycles. The first-order chi connectivity index (χ1) is 12.9. The summed E-state index contributed by atoms with van der Waals surface area (Å²) in [5.41, 5.74) is 1.89. The zero-order valence-electron chi connectivity index (χ0n) is 15.9. The van der Waals surface area contributed by atoms with Crippen LogP contribution in [0.25, 0.3) is 10.9 Å². The van der Waals surface area contributed by atoms with Crippen LogP contribution in [0.15, 0.2) is 53.3 Å². The predicted octanol–water partition coefficient (Wildman–Crippen LogP) is 2.69. The Morgan fingerprint density at radius 2 is 1.74 bits per heavy atom. The Balaban J connectivity index is 1.92. The smallest absolute Gasteiger partial charge is 0.278 e. The van der Waals surface area contributed by atoms with Crippen molar-refractivity contribution in [2.45, 2.75) is 19.9 Å². The number of benzene rings is 2. The summed E-state index contributed by atoms with van der Waals surface area (Å²) in [6.45, 7) is 3.76. The predicted molar refractivity (Wildman–Crippen MR) is 107 cm³/mol. The average molecular weight is 365 g/mol. The van der Waals surface area contributed by atoms with Gasteiger partial charge in [-0.2, -0.15) is 4.68 Å². The molecule has 0 saturated carbocycles. The van der Waals surface area contributed by atoms with E-state index >= 15 is 0 Å². The molecule has 0 spiro atoms. The van der Waals surface area contributed by atoms with Crippen LogP contribution in [0.5, 0.6) is 0 Å². The Labute approximate surface area is 157 Å². The number of nitrogens with zero attached hydrogens (tertiary/aromatic N) is 4. The summed E-state index contributed by atoms with van der Waals surface area (Å²) in [7, 11) is 3.90. The molecule has 1 N–H and O–H groups in total. The van der Waals surface area contributed by atoms with Crippen LogP contribution in [0, 0.1) is 5.92 Å². The highest BCUT2D eigenvalue weighted by atomic mass is 16.2. The second-order valence-corrected chi connectivity index (χ2v) is 6.98. The van der Waals surface area contributed by atoms with Gasteiger partial charge in [-0.05, 0) is 42.3 Å². The molecule has 0 bridgehead atoms. The number of rotatable bonds is 5. The number of anilines is 2. The van der Waals surface area contributed by atoms with Gasteiger partial charge in [-0.3, -0.25) is 9.59 Å². The molecule has 0 fully saturated rings. The molecule has 1 heterocycles. The zero-order valence-corrected chi connectivity index (χ0v) is 15.9. The largest absolute Gasteiger partial charge is 0.378 e. The lowest BCUT2D eigenvalue weighted by Crippen LogP contribution is -2.38. The monoisotopic (exact) mass is 365 g/mol. The van der Waals surface area contributed by atoms with Gasteiger partial charge in [-0.15, -0.1) is 5.10 Å². The first-order valence-electron chi connectivity index (χ1n) is 8.81. The van der Waals surface area contributed by atoms with Gasteiger partial charge in [0, 0.05) is 25.5 Å². The molecular weight excluding hydrogens is 342 g/mol. The zero-order chi connectivity index (χ0) is 19.6. The van der Waals surface area contributed by atoms with E-state index in [0.717, 1.165) is 5.69 Å². The van der Waals surface area contributed by atoms with E-state index in [-0.39, 0.29) is 17.4 Å². The number of carbonyl (C=O) groups excluding carboxylic acids is 1. The van der Waals surface area contributed by atoms with Crippen LogP contribution in [0.4, 0.5) is 11.4 Å². The standard InChI is InChI=1S/C20H23N5O2/c1-13(2)18(19(26)21-14-9-11-15(12-10-14)24(3)4)25-20(27)16-7-5-6-8-17(16)22-23-25/h5-13,18H,1-4H3,(H,21,26). The Morgan fingerprint density at radius 3 is 2.37 bits per heavy atom. The fourth-order valence-corrected chi connectivity index (χ4v) is 2.94. The van der Waals surface area contributed by atoms with Gasteiger partial charge in [0.05, 0.1) is 5.39 Å². The summed E-state index contributed by atoms with van der Waals surface area (Å²) < 4.78 is 1.18. The molecule has 0 saturated heterocycles. The van der Waals surface area contributed by atoms with Crippen LogP contribution >= 0.6 is 0 Å². The third-order valence-corrected chi connectivity index (χ3v) is 4.41. The van der Waals surface area contributed by atoms with Gasteiger partial charge < -0.3 is 10.2 Å². The van der Waals surface area contributed by atoms with E-state index < -0.39 is 6.04 Å². The number of aromatic nitrogens is 3. The molecule has 3 rings (SSSR count). The molecule has 7 nitrogen and oxygen atoms in total. The SMILES string of the molecule is CC(C)C(C(=O)Nc1ccc(N(C)C)cc1)n1nnc2ccccc2c1=O. The third-order valence-electron chi connectivity index (χ3n) is 4.41. The molecule has 1 aromatic heterocycles. The Morgan fingerprint density at radius 1 is 1.07 bits per heavy atom. The van der Waals surface area contributed by atoms with E-state index in [0.29, 0.717) is 16.6 Å². The summed E-state index contributed by atoms with van der Waals surface area (Å²) >= 11 is 0. The lowest BCUT2D eigenvalue weighted by atomic mass is 10.0. The summed E-state index contributed by atoms with van der Waals surface area (Å²) in [5, 5.41) is 11.4. The van der Waals surface area contributed by atoms with Gasteiger partial charge in [-0.25, -0.2) is 0 Å². The highest BCUT2D eigenvalue weighted by Gasteiger charge is 2.27. The molecule has 27 heavy (non-hydrogen) atoms. The molecule has 3 aromatic rings. The number of nitrogens with one attached hydrogen (secondary N) is 1. The quantitative estimate of drug-likeness (QED) is 0.752. The second-order valence-electron chi connectivity index (χ2n) is 6.98. The van der Waals surface area contributed by atoms with Gasteiger partial charge >= 0.3 is 0 Å². The molecule has 7 heteroatoms. The summed E-state index contributed by atoms with van der Waals surface area (Å²) in [6, 6.07) is 13.7. The number of carbonyl (C=O) groups is 1.